The fraction of sp³-hybridized carbons (Fsp3) is 0.727. The SMILES string of the molecule is Nc1cnc(NCc2cn(CCCNCCNC3CCCCC3)nn2)nc1N1CCNCC1. The van der Waals surface area contributed by atoms with Gasteiger partial charge in [-0.25, -0.2) is 4.98 Å². The van der Waals surface area contributed by atoms with Gasteiger partial charge in [0.15, 0.2) is 5.82 Å². The van der Waals surface area contributed by atoms with Crippen LogP contribution >= 0.6 is 0 Å². The molecule has 1 saturated heterocycles. The second kappa shape index (κ2) is 12.7. The van der Waals surface area contributed by atoms with Crippen LogP contribution in [0, 0.1) is 0 Å². The summed E-state index contributed by atoms with van der Waals surface area (Å²) in [6, 6.07) is 0.732. The first kappa shape index (κ1) is 23.7. The quantitative estimate of drug-likeness (QED) is 0.288. The van der Waals surface area contributed by atoms with Crippen LogP contribution in [0.3, 0.4) is 0 Å². The second-order valence-electron chi connectivity index (χ2n) is 8.93. The molecule has 3 heterocycles. The van der Waals surface area contributed by atoms with Crippen molar-refractivity contribution in [2.24, 2.45) is 0 Å². The van der Waals surface area contributed by atoms with E-state index in [1.54, 1.807) is 6.20 Å². The standard InChI is InChI=1S/C22H39N11/c23-20-16-28-22(29-21(20)32-13-10-25-11-14-32)27-15-19-17-33(31-30-19)12-4-7-24-8-9-26-18-5-2-1-3-6-18/h16-18,24-26H,1-15,23H2,(H,27,28,29). The smallest absolute Gasteiger partial charge is 0.225 e. The molecule has 2 aromatic rings. The molecular weight excluding hydrogens is 418 g/mol. The predicted molar refractivity (Wildman–Crippen MR) is 131 cm³/mol. The monoisotopic (exact) mass is 457 g/mol. The summed E-state index contributed by atoms with van der Waals surface area (Å²) < 4.78 is 1.90. The third kappa shape index (κ3) is 7.51. The molecule has 0 unspecified atom stereocenters. The zero-order valence-electron chi connectivity index (χ0n) is 19.6. The Bertz CT molecular complexity index is 827. The number of piperazine rings is 1. The molecule has 0 amide bonds. The summed E-state index contributed by atoms with van der Waals surface area (Å²) in [5, 5.41) is 22.3. The summed E-state index contributed by atoms with van der Waals surface area (Å²) in [6.45, 7) is 8.06. The topological polar surface area (TPSA) is 134 Å². The highest BCUT2D eigenvalue weighted by atomic mass is 15.4. The van der Waals surface area contributed by atoms with Gasteiger partial charge in [0.25, 0.3) is 0 Å². The molecule has 0 atom stereocenters. The molecule has 1 saturated carbocycles. The molecule has 2 fully saturated rings. The van der Waals surface area contributed by atoms with Crippen molar-refractivity contribution in [3.63, 3.8) is 0 Å². The molecule has 1 aliphatic heterocycles. The number of rotatable bonds is 12. The fourth-order valence-corrected chi connectivity index (χ4v) is 4.46. The Morgan fingerprint density at radius 2 is 1.94 bits per heavy atom. The van der Waals surface area contributed by atoms with E-state index in [4.69, 9.17) is 5.73 Å². The van der Waals surface area contributed by atoms with E-state index in [1.165, 1.54) is 32.1 Å². The number of nitrogen functional groups attached to an aromatic ring is 1. The van der Waals surface area contributed by atoms with Crippen LogP contribution in [-0.4, -0.2) is 76.8 Å². The Labute approximate surface area is 196 Å². The highest BCUT2D eigenvalue weighted by Crippen LogP contribution is 2.21. The van der Waals surface area contributed by atoms with E-state index < -0.39 is 0 Å². The van der Waals surface area contributed by atoms with E-state index in [1.807, 2.05) is 10.9 Å². The molecule has 1 aliphatic carbocycles. The minimum Gasteiger partial charge on any atom is -0.394 e. The van der Waals surface area contributed by atoms with Gasteiger partial charge in [-0.3, -0.25) is 4.68 Å². The zero-order chi connectivity index (χ0) is 22.7. The van der Waals surface area contributed by atoms with Crippen LogP contribution in [-0.2, 0) is 13.1 Å². The van der Waals surface area contributed by atoms with Crippen molar-refractivity contribution in [1.82, 2.24) is 40.9 Å². The first-order chi connectivity index (χ1) is 16.3. The van der Waals surface area contributed by atoms with Crippen LogP contribution in [0.1, 0.15) is 44.2 Å². The van der Waals surface area contributed by atoms with Crippen molar-refractivity contribution in [3.8, 4) is 0 Å². The Kier molecular flexibility index (Phi) is 9.08. The number of nitrogens with two attached hydrogens (primary N) is 1. The van der Waals surface area contributed by atoms with Gasteiger partial charge in [-0.05, 0) is 25.8 Å². The molecule has 2 aliphatic rings. The van der Waals surface area contributed by atoms with E-state index in [2.05, 4.69) is 46.4 Å². The Hall–Kier alpha value is -2.50. The Morgan fingerprint density at radius 3 is 2.79 bits per heavy atom. The van der Waals surface area contributed by atoms with Crippen LogP contribution < -0.4 is 31.9 Å². The van der Waals surface area contributed by atoms with Gasteiger partial charge >= 0.3 is 0 Å². The van der Waals surface area contributed by atoms with Crippen molar-refractivity contribution in [2.75, 3.05) is 61.8 Å². The van der Waals surface area contributed by atoms with Crippen molar-refractivity contribution >= 4 is 17.5 Å². The lowest BCUT2D eigenvalue weighted by molar-refractivity contribution is 0.372. The Morgan fingerprint density at radius 1 is 1.09 bits per heavy atom. The molecule has 33 heavy (non-hydrogen) atoms. The number of aryl methyl sites for hydroxylation is 1. The highest BCUT2D eigenvalue weighted by molar-refractivity contribution is 5.63. The zero-order valence-corrected chi connectivity index (χ0v) is 19.6. The van der Waals surface area contributed by atoms with Gasteiger partial charge in [-0.1, -0.05) is 24.5 Å². The normalized spacial score (nSPS) is 17.4. The summed E-state index contributed by atoms with van der Waals surface area (Å²) >= 11 is 0. The maximum atomic E-state index is 6.10. The van der Waals surface area contributed by atoms with Gasteiger partial charge in [0, 0.05) is 51.9 Å². The molecular formula is C22H39N11. The summed E-state index contributed by atoms with van der Waals surface area (Å²) in [5.41, 5.74) is 7.57. The average Bonchev–Trinajstić information content (AvgIpc) is 3.32. The first-order valence-corrected chi connectivity index (χ1v) is 12.4. The van der Waals surface area contributed by atoms with Crippen LogP contribution in [0.2, 0.25) is 0 Å². The maximum absolute atomic E-state index is 6.10. The van der Waals surface area contributed by atoms with Crippen molar-refractivity contribution in [1.29, 1.82) is 0 Å². The first-order valence-electron chi connectivity index (χ1n) is 12.4. The number of anilines is 3. The highest BCUT2D eigenvalue weighted by Gasteiger charge is 2.16. The van der Waals surface area contributed by atoms with Gasteiger partial charge in [0.05, 0.1) is 24.6 Å². The molecule has 0 bridgehead atoms. The third-order valence-corrected chi connectivity index (χ3v) is 6.31. The lowest BCUT2D eigenvalue weighted by Gasteiger charge is -2.29. The summed E-state index contributed by atoms with van der Waals surface area (Å²) in [7, 11) is 0. The number of nitrogens with one attached hydrogen (secondary N) is 4. The number of aromatic nitrogens is 5. The van der Waals surface area contributed by atoms with Crippen molar-refractivity contribution in [2.45, 2.75) is 57.7 Å². The van der Waals surface area contributed by atoms with Crippen molar-refractivity contribution < 1.29 is 0 Å². The molecule has 0 spiro atoms. The number of hydrogen-bond donors (Lipinski definition) is 5. The third-order valence-electron chi connectivity index (χ3n) is 6.31. The largest absolute Gasteiger partial charge is 0.394 e. The molecule has 11 nitrogen and oxygen atoms in total. The molecule has 6 N–H and O–H groups in total. The number of hydrogen-bond acceptors (Lipinski definition) is 10. The molecule has 0 aromatic carbocycles. The average molecular weight is 458 g/mol. The maximum Gasteiger partial charge on any atom is 0.225 e. The lowest BCUT2D eigenvalue weighted by Crippen LogP contribution is -2.44. The van der Waals surface area contributed by atoms with E-state index in [-0.39, 0.29) is 0 Å². The second-order valence-corrected chi connectivity index (χ2v) is 8.93. The van der Waals surface area contributed by atoms with E-state index >= 15 is 0 Å². The van der Waals surface area contributed by atoms with E-state index in [9.17, 15) is 0 Å². The van der Waals surface area contributed by atoms with Gasteiger partial charge in [-0.2, -0.15) is 4.98 Å². The van der Waals surface area contributed by atoms with Gasteiger partial charge in [0.1, 0.15) is 5.69 Å². The van der Waals surface area contributed by atoms with Crippen LogP contribution in [0.25, 0.3) is 0 Å². The van der Waals surface area contributed by atoms with Crippen molar-refractivity contribution in [3.05, 3.63) is 18.1 Å². The van der Waals surface area contributed by atoms with Crippen LogP contribution in [0.5, 0.6) is 0 Å². The van der Waals surface area contributed by atoms with Crippen LogP contribution in [0.15, 0.2) is 12.4 Å². The summed E-state index contributed by atoms with van der Waals surface area (Å²) in [6.07, 6.45) is 11.5. The lowest BCUT2D eigenvalue weighted by atomic mass is 9.95. The fourth-order valence-electron chi connectivity index (χ4n) is 4.46. The minimum atomic E-state index is 0.524. The van der Waals surface area contributed by atoms with Gasteiger partial charge in [-0.15, -0.1) is 5.10 Å². The molecule has 4 rings (SSSR count). The molecule has 182 valence electrons. The molecule has 2 aromatic heterocycles. The Balaban J connectivity index is 1.12. The van der Waals surface area contributed by atoms with E-state index in [0.29, 0.717) is 18.2 Å². The minimum absolute atomic E-state index is 0.524. The van der Waals surface area contributed by atoms with Gasteiger partial charge < -0.3 is 31.9 Å². The van der Waals surface area contributed by atoms with Gasteiger partial charge in [0.2, 0.25) is 5.95 Å². The molecule has 0 radical (unpaired) electrons. The summed E-state index contributed by atoms with van der Waals surface area (Å²) in [5.74, 6) is 1.34. The summed E-state index contributed by atoms with van der Waals surface area (Å²) in [4.78, 5) is 11.1. The van der Waals surface area contributed by atoms with Crippen LogP contribution in [0.4, 0.5) is 17.5 Å². The number of nitrogens with zero attached hydrogens (tertiary/aromatic N) is 6. The van der Waals surface area contributed by atoms with E-state index in [0.717, 1.165) is 76.3 Å². The molecule has 11 heteroatoms. The predicted octanol–water partition coefficient (Wildman–Crippen LogP) is 0.574.